The number of aryl methyl sites for hydroxylation is 1. The Labute approximate surface area is 134 Å². The average Bonchev–Trinajstić information content (AvgIpc) is 2.55. The molecule has 2 amide bonds. The number of anilines is 2. The van der Waals surface area contributed by atoms with Gasteiger partial charge < -0.3 is 10.1 Å². The fraction of sp³-hybridized carbons (Fsp3) is 0.278. The lowest BCUT2D eigenvalue weighted by molar-refractivity contribution is 0.254. The number of hydrogen-bond donors (Lipinski definition) is 1. The molecule has 1 atom stereocenters. The predicted octanol–water partition coefficient (Wildman–Crippen LogP) is 4.21. The van der Waals surface area contributed by atoms with E-state index in [2.05, 4.69) is 5.32 Å². The summed E-state index contributed by atoms with van der Waals surface area (Å²) < 4.78 is 18.7. The Morgan fingerprint density at radius 3 is 2.87 bits per heavy atom. The molecule has 0 saturated heterocycles. The van der Waals surface area contributed by atoms with Gasteiger partial charge in [0, 0.05) is 11.7 Å². The summed E-state index contributed by atoms with van der Waals surface area (Å²) in [6.45, 7) is 1.99. The van der Waals surface area contributed by atoms with Crippen LogP contribution in [0, 0.1) is 5.82 Å². The summed E-state index contributed by atoms with van der Waals surface area (Å²) in [6, 6.07) is 11.6. The van der Waals surface area contributed by atoms with Crippen molar-refractivity contribution in [3.8, 4) is 5.75 Å². The second-order valence-corrected chi connectivity index (χ2v) is 5.66. The van der Waals surface area contributed by atoms with Crippen LogP contribution in [0.4, 0.5) is 20.6 Å². The number of carbonyl (C=O) groups excluding carboxylic acids is 1. The van der Waals surface area contributed by atoms with Gasteiger partial charge in [-0.3, -0.25) is 4.90 Å². The predicted molar refractivity (Wildman–Crippen MR) is 88.7 cm³/mol. The van der Waals surface area contributed by atoms with Gasteiger partial charge in [0.2, 0.25) is 0 Å². The second-order valence-electron chi connectivity index (χ2n) is 5.66. The van der Waals surface area contributed by atoms with Gasteiger partial charge >= 0.3 is 6.03 Å². The Morgan fingerprint density at radius 2 is 2.09 bits per heavy atom. The minimum Gasteiger partial charge on any atom is -0.495 e. The third kappa shape index (κ3) is 2.99. The van der Waals surface area contributed by atoms with Crippen molar-refractivity contribution < 1.29 is 13.9 Å². The molecule has 1 aliphatic rings. The second kappa shape index (κ2) is 6.28. The van der Waals surface area contributed by atoms with E-state index < -0.39 is 0 Å². The molecule has 0 bridgehead atoms. The van der Waals surface area contributed by atoms with Crippen LogP contribution in [0.15, 0.2) is 42.5 Å². The summed E-state index contributed by atoms with van der Waals surface area (Å²) in [4.78, 5) is 14.4. The SMILES string of the molecule is COc1ccccc1NC(=O)N1c2ccc(F)cc2CC[C@H]1C. The van der Waals surface area contributed by atoms with Crippen molar-refractivity contribution in [3.05, 3.63) is 53.8 Å². The molecule has 0 radical (unpaired) electrons. The Bertz CT molecular complexity index is 733. The first-order chi connectivity index (χ1) is 11.1. The first kappa shape index (κ1) is 15.3. The zero-order valence-electron chi connectivity index (χ0n) is 13.2. The van der Waals surface area contributed by atoms with E-state index in [9.17, 15) is 9.18 Å². The molecule has 1 heterocycles. The van der Waals surface area contributed by atoms with Crippen molar-refractivity contribution in [2.24, 2.45) is 0 Å². The van der Waals surface area contributed by atoms with E-state index in [0.717, 1.165) is 24.1 Å². The molecule has 120 valence electrons. The van der Waals surface area contributed by atoms with Crippen LogP contribution in [0.5, 0.6) is 5.75 Å². The molecule has 5 heteroatoms. The van der Waals surface area contributed by atoms with Crippen molar-refractivity contribution in [2.45, 2.75) is 25.8 Å². The maximum absolute atomic E-state index is 13.4. The quantitative estimate of drug-likeness (QED) is 0.902. The summed E-state index contributed by atoms with van der Waals surface area (Å²) in [5, 5.41) is 2.89. The highest BCUT2D eigenvalue weighted by Crippen LogP contribution is 2.32. The van der Waals surface area contributed by atoms with E-state index in [1.165, 1.54) is 12.1 Å². The molecule has 1 N–H and O–H groups in total. The highest BCUT2D eigenvalue weighted by atomic mass is 19.1. The molecule has 1 aliphatic heterocycles. The Balaban J connectivity index is 1.90. The summed E-state index contributed by atoms with van der Waals surface area (Å²) in [5.41, 5.74) is 2.23. The Hall–Kier alpha value is -2.56. The number of hydrogen-bond acceptors (Lipinski definition) is 2. The number of amides is 2. The molecule has 2 aromatic carbocycles. The van der Waals surface area contributed by atoms with Crippen molar-refractivity contribution in [1.82, 2.24) is 0 Å². The number of urea groups is 1. The molecule has 23 heavy (non-hydrogen) atoms. The van der Waals surface area contributed by atoms with Crippen molar-refractivity contribution >= 4 is 17.4 Å². The normalized spacial score (nSPS) is 16.7. The molecule has 0 spiro atoms. The maximum atomic E-state index is 13.4. The van der Waals surface area contributed by atoms with Gasteiger partial charge in [-0.2, -0.15) is 0 Å². The zero-order chi connectivity index (χ0) is 16.4. The maximum Gasteiger partial charge on any atom is 0.326 e. The highest BCUT2D eigenvalue weighted by Gasteiger charge is 2.28. The van der Waals surface area contributed by atoms with E-state index in [0.29, 0.717) is 11.4 Å². The van der Waals surface area contributed by atoms with Crippen LogP contribution in [0.1, 0.15) is 18.9 Å². The lowest BCUT2D eigenvalue weighted by Crippen LogP contribution is -2.44. The van der Waals surface area contributed by atoms with Crippen molar-refractivity contribution in [2.75, 3.05) is 17.3 Å². The monoisotopic (exact) mass is 314 g/mol. The number of nitrogens with one attached hydrogen (secondary N) is 1. The van der Waals surface area contributed by atoms with Gasteiger partial charge in [0.25, 0.3) is 0 Å². The number of rotatable bonds is 2. The molecular formula is C18H19FN2O2. The van der Waals surface area contributed by atoms with Crippen molar-refractivity contribution in [3.63, 3.8) is 0 Å². The van der Waals surface area contributed by atoms with Gasteiger partial charge in [-0.1, -0.05) is 12.1 Å². The highest BCUT2D eigenvalue weighted by molar-refractivity contribution is 6.03. The summed E-state index contributed by atoms with van der Waals surface area (Å²) in [7, 11) is 1.56. The number of carbonyl (C=O) groups is 1. The van der Waals surface area contributed by atoms with Crippen LogP contribution in [0.25, 0.3) is 0 Å². The number of methoxy groups -OCH3 is 1. The van der Waals surface area contributed by atoms with Gasteiger partial charge in [0.05, 0.1) is 12.8 Å². The van der Waals surface area contributed by atoms with E-state index in [1.54, 1.807) is 30.2 Å². The molecule has 2 aromatic rings. The fourth-order valence-corrected chi connectivity index (χ4v) is 2.95. The smallest absolute Gasteiger partial charge is 0.326 e. The minimum absolute atomic E-state index is 0.0441. The molecule has 3 rings (SSSR count). The number of para-hydroxylation sites is 2. The molecule has 0 saturated carbocycles. The van der Waals surface area contributed by atoms with Gasteiger partial charge in [-0.25, -0.2) is 9.18 Å². The topological polar surface area (TPSA) is 41.6 Å². The molecule has 0 aromatic heterocycles. The largest absolute Gasteiger partial charge is 0.495 e. The van der Waals surface area contributed by atoms with Crippen LogP contribution >= 0.6 is 0 Å². The fourth-order valence-electron chi connectivity index (χ4n) is 2.95. The molecule has 4 nitrogen and oxygen atoms in total. The lowest BCUT2D eigenvalue weighted by atomic mass is 9.97. The number of ether oxygens (including phenoxy) is 1. The zero-order valence-corrected chi connectivity index (χ0v) is 13.2. The summed E-state index contributed by atoms with van der Waals surface area (Å²) in [6.07, 6.45) is 1.57. The third-order valence-corrected chi connectivity index (χ3v) is 4.14. The molecule has 0 aliphatic carbocycles. The molecule has 0 unspecified atom stereocenters. The van der Waals surface area contributed by atoms with Gasteiger partial charge in [-0.05, 0) is 55.7 Å². The molecular weight excluding hydrogens is 295 g/mol. The van der Waals surface area contributed by atoms with E-state index in [4.69, 9.17) is 4.74 Å². The summed E-state index contributed by atoms with van der Waals surface area (Å²) >= 11 is 0. The molecule has 0 fully saturated rings. The van der Waals surface area contributed by atoms with E-state index in [1.807, 2.05) is 19.1 Å². The number of nitrogens with zero attached hydrogens (tertiary/aromatic N) is 1. The average molecular weight is 314 g/mol. The van der Waals surface area contributed by atoms with Crippen LogP contribution in [0.2, 0.25) is 0 Å². The van der Waals surface area contributed by atoms with Crippen LogP contribution < -0.4 is 15.0 Å². The number of fused-ring (bicyclic) bond motifs is 1. The van der Waals surface area contributed by atoms with Crippen LogP contribution in [0.3, 0.4) is 0 Å². The van der Waals surface area contributed by atoms with E-state index in [-0.39, 0.29) is 17.9 Å². The van der Waals surface area contributed by atoms with Gasteiger partial charge in [0.15, 0.2) is 0 Å². The van der Waals surface area contributed by atoms with Gasteiger partial charge in [0.1, 0.15) is 11.6 Å². The lowest BCUT2D eigenvalue weighted by Gasteiger charge is -2.35. The van der Waals surface area contributed by atoms with Crippen molar-refractivity contribution in [1.29, 1.82) is 0 Å². The van der Waals surface area contributed by atoms with Crippen LogP contribution in [-0.4, -0.2) is 19.2 Å². The van der Waals surface area contributed by atoms with Crippen LogP contribution in [-0.2, 0) is 6.42 Å². The Kier molecular flexibility index (Phi) is 4.19. The first-order valence-electron chi connectivity index (χ1n) is 7.62. The van der Waals surface area contributed by atoms with E-state index >= 15 is 0 Å². The summed E-state index contributed by atoms with van der Waals surface area (Å²) in [5.74, 6) is 0.327. The number of halogens is 1. The minimum atomic E-state index is -0.275. The third-order valence-electron chi connectivity index (χ3n) is 4.14. The van der Waals surface area contributed by atoms with Gasteiger partial charge in [-0.15, -0.1) is 0 Å². The first-order valence-corrected chi connectivity index (χ1v) is 7.62. The standard InChI is InChI=1S/C18H19FN2O2/c1-12-7-8-13-11-14(19)9-10-16(13)21(12)18(22)20-15-5-3-4-6-17(15)23-2/h3-6,9-12H,7-8H2,1-2H3,(H,20,22)/t12-/m1/s1. The number of benzene rings is 2. The Morgan fingerprint density at radius 1 is 1.30 bits per heavy atom.